The molecule has 1 atom stereocenters. The fourth-order valence-electron chi connectivity index (χ4n) is 5.68. The molecule has 2 aromatic carbocycles. The van der Waals surface area contributed by atoms with E-state index in [-0.39, 0.29) is 19.1 Å². The molecule has 4 rings (SSSR count). The summed E-state index contributed by atoms with van der Waals surface area (Å²) in [4.78, 5) is 41.4. The molecule has 1 saturated heterocycles. The summed E-state index contributed by atoms with van der Waals surface area (Å²) in [5.74, 6) is -0.868. The zero-order chi connectivity index (χ0) is 34.3. The summed E-state index contributed by atoms with van der Waals surface area (Å²) in [6.07, 6.45) is 3.30. The van der Waals surface area contributed by atoms with Crippen molar-refractivity contribution in [2.45, 2.75) is 76.7 Å². The van der Waals surface area contributed by atoms with Gasteiger partial charge in [-0.05, 0) is 70.9 Å². The number of anilines is 1. The molecular weight excluding hydrogens is 629 g/mol. The average Bonchev–Trinajstić information content (AvgIpc) is 3.31. The van der Waals surface area contributed by atoms with Crippen molar-refractivity contribution in [3.63, 3.8) is 0 Å². The molecule has 1 unspecified atom stereocenters. The summed E-state index contributed by atoms with van der Waals surface area (Å²) in [5.41, 5.74) is 0.0574. The van der Waals surface area contributed by atoms with Crippen molar-refractivity contribution in [3.8, 4) is 0 Å². The highest BCUT2D eigenvalue weighted by Crippen LogP contribution is 2.47. The van der Waals surface area contributed by atoms with E-state index in [1.54, 1.807) is 31.9 Å². The minimum atomic E-state index is -3.46. The predicted molar refractivity (Wildman–Crippen MR) is 183 cm³/mol. The highest BCUT2D eigenvalue weighted by atomic mass is 32.2. The number of hydrogen-bond acceptors (Lipinski definition) is 8. The summed E-state index contributed by atoms with van der Waals surface area (Å²) in [5, 5.41) is 5.38. The number of fused-ring (bicyclic) bond motifs is 2. The van der Waals surface area contributed by atoms with Crippen molar-refractivity contribution in [2.24, 2.45) is 0 Å². The van der Waals surface area contributed by atoms with Gasteiger partial charge in [-0.1, -0.05) is 48.5 Å². The number of rotatable bonds is 9. The number of benzene rings is 2. The van der Waals surface area contributed by atoms with Gasteiger partial charge in [-0.15, -0.1) is 0 Å². The Bertz CT molecular complexity index is 1470. The summed E-state index contributed by atoms with van der Waals surface area (Å²) < 4.78 is 37.8. The molecule has 254 valence electrons. The van der Waals surface area contributed by atoms with Crippen molar-refractivity contribution in [3.05, 3.63) is 65.7 Å². The first kappa shape index (κ1) is 37.2. The van der Waals surface area contributed by atoms with Gasteiger partial charge < -0.3 is 25.0 Å². The Labute approximate surface area is 278 Å². The van der Waals surface area contributed by atoms with Crippen LogP contribution in [-0.2, 0) is 41.1 Å². The van der Waals surface area contributed by atoms with Crippen LogP contribution in [0.2, 0.25) is 0 Å². The molecule has 0 bridgehead atoms. The van der Waals surface area contributed by atoms with Gasteiger partial charge in [0.25, 0.3) is 0 Å². The fourth-order valence-corrected chi connectivity index (χ4v) is 6.68. The number of likely N-dealkylation sites (tertiary alicyclic amines) is 1. The Morgan fingerprint density at radius 2 is 1.54 bits per heavy atom. The standard InChI is InChI=1S/C32H44N4O7S.CH4S/c1-30(2,3)43-29(39)34-31(4,5)28(38)33-25(21-42-20-23-12-8-7-9-13-23)27(37)35-18-16-32(17-19-35)22-36(44(6,40)41)26-15-11-10-14-24(26)32;1-2/h7-15,25H,16-22H2,1-6H3,(H,33,38)(H,34,39);2H,1H3. The van der Waals surface area contributed by atoms with Crippen molar-refractivity contribution >= 4 is 46.2 Å². The number of carbonyl (C=O) groups excluding carboxylic acids is 3. The van der Waals surface area contributed by atoms with E-state index in [0.29, 0.717) is 38.2 Å². The minimum Gasteiger partial charge on any atom is -0.444 e. The summed E-state index contributed by atoms with van der Waals surface area (Å²) in [6, 6.07) is 16.0. The lowest BCUT2D eigenvalue weighted by atomic mass is 9.74. The van der Waals surface area contributed by atoms with Crippen molar-refractivity contribution in [1.29, 1.82) is 0 Å². The molecule has 2 aliphatic rings. The molecule has 0 aromatic heterocycles. The number of para-hydroxylation sites is 1. The van der Waals surface area contributed by atoms with Crippen LogP contribution >= 0.6 is 12.6 Å². The number of ether oxygens (including phenoxy) is 2. The first-order chi connectivity index (χ1) is 21.5. The van der Waals surface area contributed by atoms with E-state index in [4.69, 9.17) is 9.47 Å². The molecule has 0 aliphatic carbocycles. The van der Waals surface area contributed by atoms with E-state index in [9.17, 15) is 22.8 Å². The Kier molecular flexibility index (Phi) is 12.2. The van der Waals surface area contributed by atoms with Gasteiger partial charge in [-0.25, -0.2) is 13.2 Å². The lowest BCUT2D eigenvalue weighted by Gasteiger charge is -2.41. The van der Waals surface area contributed by atoms with Crippen LogP contribution in [0.3, 0.4) is 0 Å². The molecule has 2 N–H and O–H groups in total. The molecule has 2 aromatic rings. The summed E-state index contributed by atoms with van der Waals surface area (Å²) >= 11 is 3.53. The largest absolute Gasteiger partial charge is 0.444 e. The number of nitrogens with zero attached hydrogens (tertiary/aromatic N) is 2. The summed E-state index contributed by atoms with van der Waals surface area (Å²) in [7, 11) is -3.46. The highest BCUT2D eigenvalue weighted by Gasteiger charge is 2.48. The molecule has 1 fully saturated rings. The number of thiol groups is 1. The van der Waals surface area contributed by atoms with Crippen molar-refractivity contribution in [1.82, 2.24) is 15.5 Å². The third-order valence-corrected chi connectivity index (χ3v) is 9.13. The van der Waals surface area contributed by atoms with E-state index in [1.165, 1.54) is 24.4 Å². The van der Waals surface area contributed by atoms with Gasteiger partial charge in [0.05, 0.1) is 25.2 Å². The number of sulfonamides is 1. The number of hydrogen-bond donors (Lipinski definition) is 3. The van der Waals surface area contributed by atoms with Gasteiger partial charge in [0, 0.05) is 25.0 Å². The zero-order valence-electron chi connectivity index (χ0n) is 27.8. The monoisotopic (exact) mass is 676 g/mol. The van der Waals surface area contributed by atoms with Gasteiger partial charge in [0.15, 0.2) is 0 Å². The predicted octanol–water partition coefficient (Wildman–Crippen LogP) is 3.88. The molecule has 0 radical (unpaired) electrons. The number of amides is 3. The van der Waals surface area contributed by atoms with Crippen LogP contribution in [0.25, 0.3) is 0 Å². The topological polar surface area (TPSA) is 134 Å². The molecule has 1 spiro atoms. The Morgan fingerprint density at radius 3 is 2.13 bits per heavy atom. The first-order valence-electron chi connectivity index (χ1n) is 15.3. The fraction of sp³-hybridized carbons (Fsp3) is 0.545. The maximum atomic E-state index is 13.9. The van der Waals surface area contributed by atoms with E-state index in [0.717, 1.165) is 11.1 Å². The third kappa shape index (κ3) is 9.38. The molecule has 2 aliphatic heterocycles. The highest BCUT2D eigenvalue weighted by molar-refractivity contribution is 7.92. The van der Waals surface area contributed by atoms with Gasteiger partial charge in [-0.3, -0.25) is 13.9 Å². The maximum absolute atomic E-state index is 13.9. The quantitative estimate of drug-likeness (QED) is 0.344. The zero-order valence-corrected chi connectivity index (χ0v) is 29.5. The molecule has 46 heavy (non-hydrogen) atoms. The van der Waals surface area contributed by atoms with Crippen LogP contribution < -0.4 is 14.9 Å². The van der Waals surface area contributed by atoms with E-state index in [1.807, 2.05) is 54.6 Å². The van der Waals surface area contributed by atoms with Crippen LogP contribution in [0, 0.1) is 0 Å². The Morgan fingerprint density at radius 1 is 0.957 bits per heavy atom. The lowest BCUT2D eigenvalue weighted by Crippen LogP contribution is -2.61. The number of piperidine rings is 1. The van der Waals surface area contributed by atoms with E-state index < -0.39 is 44.6 Å². The normalized spacial score (nSPS) is 16.5. The number of carbonyl (C=O) groups is 3. The second-order valence-corrected chi connectivity index (χ2v) is 15.1. The lowest BCUT2D eigenvalue weighted by molar-refractivity contribution is -0.141. The van der Waals surface area contributed by atoms with Crippen LogP contribution in [0.1, 0.15) is 58.6 Å². The third-order valence-electron chi connectivity index (χ3n) is 8.00. The molecule has 13 heteroatoms. The van der Waals surface area contributed by atoms with Gasteiger partial charge in [-0.2, -0.15) is 12.6 Å². The number of alkyl carbamates (subject to hydrolysis) is 1. The molecule has 3 amide bonds. The van der Waals surface area contributed by atoms with Crippen LogP contribution in [0.5, 0.6) is 0 Å². The van der Waals surface area contributed by atoms with Gasteiger partial charge in [0.2, 0.25) is 21.8 Å². The van der Waals surface area contributed by atoms with E-state index >= 15 is 0 Å². The second kappa shape index (κ2) is 15.1. The molecule has 2 heterocycles. The number of nitrogens with one attached hydrogen (secondary N) is 2. The molecule has 0 saturated carbocycles. The molecule has 11 nitrogen and oxygen atoms in total. The Hall–Kier alpha value is -3.29. The summed E-state index contributed by atoms with van der Waals surface area (Å²) in [6.45, 7) is 9.53. The van der Waals surface area contributed by atoms with Crippen molar-refractivity contribution < 1.29 is 32.3 Å². The molecular formula is C33H48N4O7S2. The van der Waals surface area contributed by atoms with Crippen LogP contribution in [-0.4, -0.2) is 87.2 Å². The van der Waals surface area contributed by atoms with Gasteiger partial charge in [0.1, 0.15) is 17.2 Å². The Balaban J connectivity index is 0.00000282. The van der Waals surface area contributed by atoms with E-state index in [2.05, 4.69) is 23.3 Å². The minimum absolute atomic E-state index is 0.0751. The first-order valence-corrected chi connectivity index (χ1v) is 18.0. The smallest absolute Gasteiger partial charge is 0.408 e. The van der Waals surface area contributed by atoms with Crippen molar-refractivity contribution in [2.75, 3.05) is 43.1 Å². The SMILES string of the molecule is CC(C)(C)OC(=O)NC(C)(C)C(=O)NC(COCc1ccccc1)C(=O)N1CCC2(CC1)CN(S(C)(=O)=O)c1ccccc12.CS. The van der Waals surface area contributed by atoms with Gasteiger partial charge >= 0.3 is 6.09 Å². The van der Waals surface area contributed by atoms with Crippen LogP contribution in [0.15, 0.2) is 54.6 Å². The second-order valence-electron chi connectivity index (χ2n) is 13.2. The average molecular weight is 677 g/mol. The van der Waals surface area contributed by atoms with Crippen LogP contribution in [0.4, 0.5) is 10.5 Å². The maximum Gasteiger partial charge on any atom is 0.408 e.